The van der Waals surface area contributed by atoms with E-state index < -0.39 is 21.7 Å². The van der Waals surface area contributed by atoms with Gasteiger partial charge in [-0.3, -0.25) is 20.2 Å². The average Bonchev–Trinajstić information content (AvgIpc) is 2.96. The minimum Gasteiger partial charge on any atom is -0.400 e. The van der Waals surface area contributed by atoms with Gasteiger partial charge < -0.3 is 9.25 Å². The van der Waals surface area contributed by atoms with Crippen LogP contribution in [0.1, 0.15) is 16.1 Å². The van der Waals surface area contributed by atoms with Gasteiger partial charge in [-0.15, -0.1) is 0 Å². The van der Waals surface area contributed by atoms with Gasteiger partial charge in [0.15, 0.2) is 5.76 Å². The van der Waals surface area contributed by atoms with Crippen molar-refractivity contribution in [2.45, 2.75) is 0 Å². The second-order valence-electron chi connectivity index (χ2n) is 3.85. The molecule has 22 heavy (non-hydrogen) atoms. The van der Waals surface area contributed by atoms with Gasteiger partial charge in [0.1, 0.15) is 11.1 Å². The third-order valence-electron chi connectivity index (χ3n) is 2.40. The second kappa shape index (κ2) is 6.26. The smallest absolute Gasteiger partial charge is 0.400 e. The zero-order chi connectivity index (χ0) is 16.1. The van der Waals surface area contributed by atoms with Gasteiger partial charge in [-0.25, -0.2) is 4.79 Å². The van der Waals surface area contributed by atoms with Crippen molar-refractivity contribution in [3.8, 4) is 0 Å². The van der Waals surface area contributed by atoms with Gasteiger partial charge >= 0.3 is 11.9 Å². The molecule has 0 aliphatic carbocycles. The molecule has 0 radical (unpaired) electrons. The van der Waals surface area contributed by atoms with Crippen LogP contribution in [0.15, 0.2) is 46.0 Å². The van der Waals surface area contributed by atoms with Crippen LogP contribution in [0, 0.1) is 20.2 Å². The van der Waals surface area contributed by atoms with Crippen LogP contribution in [0.25, 0.3) is 0 Å². The third kappa shape index (κ3) is 3.50. The Morgan fingerprint density at radius 2 is 1.95 bits per heavy atom. The van der Waals surface area contributed by atoms with E-state index in [2.05, 4.69) is 9.99 Å². The van der Waals surface area contributed by atoms with E-state index in [1.165, 1.54) is 24.3 Å². The lowest BCUT2D eigenvalue weighted by Gasteiger charge is -1.97. The molecule has 0 atom stereocenters. The molecule has 10 heteroatoms. The number of oxime groups is 1. The van der Waals surface area contributed by atoms with Crippen LogP contribution in [-0.4, -0.2) is 22.0 Å². The van der Waals surface area contributed by atoms with Crippen LogP contribution in [0.5, 0.6) is 0 Å². The van der Waals surface area contributed by atoms with E-state index in [-0.39, 0.29) is 17.0 Å². The number of hydrogen-bond donors (Lipinski definition) is 0. The van der Waals surface area contributed by atoms with Crippen LogP contribution >= 0.6 is 0 Å². The molecular formula is C12H7N3O7. The van der Waals surface area contributed by atoms with Crippen LogP contribution < -0.4 is 0 Å². The Kier molecular flexibility index (Phi) is 4.22. The first-order valence-electron chi connectivity index (χ1n) is 5.71. The molecular weight excluding hydrogens is 298 g/mol. The highest BCUT2D eigenvalue weighted by Crippen LogP contribution is 2.15. The number of nitro benzene ring substituents is 1. The molecule has 0 aliphatic heterocycles. The molecule has 0 fully saturated rings. The van der Waals surface area contributed by atoms with E-state index in [0.717, 1.165) is 18.3 Å². The Morgan fingerprint density at radius 3 is 2.59 bits per heavy atom. The maximum Gasteiger partial charge on any atom is 0.433 e. The van der Waals surface area contributed by atoms with Crippen molar-refractivity contribution in [1.82, 2.24) is 0 Å². The number of non-ortho nitro benzene ring substituents is 1. The Balaban J connectivity index is 2.02. The Bertz CT molecular complexity index is 766. The Morgan fingerprint density at radius 1 is 1.18 bits per heavy atom. The lowest BCUT2D eigenvalue weighted by molar-refractivity contribution is -0.402. The molecule has 2 rings (SSSR count). The summed E-state index contributed by atoms with van der Waals surface area (Å²) in [5.74, 6) is -1.38. The van der Waals surface area contributed by atoms with Crippen LogP contribution in [0.3, 0.4) is 0 Å². The first-order valence-corrected chi connectivity index (χ1v) is 5.71. The summed E-state index contributed by atoms with van der Waals surface area (Å²) >= 11 is 0. The third-order valence-corrected chi connectivity index (χ3v) is 2.40. The highest BCUT2D eigenvalue weighted by molar-refractivity contribution is 5.90. The van der Waals surface area contributed by atoms with Crippen LogP contribution in [0.2, 0.25) is 0 Å². The minimum absolute atomic E-state index is 0.0125. The topological polar surface area (TPSA) is 138 Å². The summed E-state index contributed by atoms with van der Waals surface area (Å²) in [6.45, 7) is 0. The molecule has 0 bridgehead atoms. The highest BCUT2D eigenvalue weighted by atomic mass is 16.7. The van der Waals surface area contributed by atoms with Crippen molar-refractivity contribution in [2.75, 3.05) is 0 Å². The number of furan rings is 1. The van der Waals surface area contributed by atoms with Gasteiger partial charge in [-0.2, -0.15) is 0 Å². The first-order chi connectivity index (χ1) is 10.5. The maximum absolute atomic E-state index is 11.6. The van der Waals surface area contributed by atoms with Gasteiger partial charge in [0.05, 0.1) is 16.6 Å². The summed E-state index contributed by atoms with van der Waals surface area (Å²) in [7, 11) is 0. The molecule has 0 amide bonds. The first kappa shape index (κ1) is 14.8. The molecule has 0 unspecified atom stereocenters. The minimum atomic E-state index is -0.916. The number of nitrogens with zero attached hydrogens (tertiary/aromatic N) is 3. The molecule has 10 nitrogen and oxygen atoms in total. The fraction of sp³-hybridized carbons (Fsp3) is 0. The standard InChI is InChI=1S/C12H7N3O7/c16-12(8-2-1-3-9(6-8)14(17)18)22-13-7-10-4-5-11(21-10)15(19)20/h1-7H/b13-7+. The van der Waals surface area contributed by atoms with E-state index >= 15 is 0 Å². The van der Waals surface area contributed by atoms with Gasteiger partial charge in [0, 0.05) is 12.1 Å². The fourth-order valence-corrected chi connectivity index (χ4v) is 1.44. The molecule has 0 saturated heterocycles. The number of benzene rings is 1. The predicted molar refractivity (Wildman–Crippen MR) is 71.5 cm³/mol. The fourth-order valence-electron chi connectivity index (χ4n) is 1.44. The molecule has 0 aliphatic rings. The van der Waals surface area contributed by atoms with Gasteiger partial charge in [-0.05, 0) is 12.1 Å². The molecule has 1 aromatic carbocycles. The van der Waals surface area contributed by atoms with Crippen molar-refractivity contribution in [3.63, 3.8) is 0 Å². The summed E-state index contributed by atoms with van der Waals surface area (Å²) in [4.78, 5) is 35.7. The number of carbonyl (C=O) groups is 1. The van der Waals surface area contributed by atoms with Gasteiger partial charge in [-0.1, -0.05) is 11.2 Å². The van der Waals surface area contributed by atoms with Crippen molar-refractivity contribution in [3.05, 3.63) is 68.0 Å². The van der Waals surface area contributed by atoms with E-state index in [1.807, 2.05) is 0 Å². The van der Waals surface area contributed by atoms with Gasteiger partial charge in [0.25, 0.3) is 5.69 Å². The molecule has 2 aromatic rings. The van der Waals surface area contributed by atoms with Crippen LogP contribution in [-0.2, 0) is 4.84 Å². The molecule has 0 N–H and O–H groups in total. The summed E-state index contributed by atoms with van der Waals surface area (Å²) < 4.78 is 4.75. The number of hydrogen-bond acceptors (Lipinski definition) is 8. The van der Waals surface area contributed by atoms with Crippen molar-refractivity contribution >= 4 is 23.8 Å². The number of carbonyl (C=O) groups excluding carboxylic acids is 1. The zero-order valence-corrected chi connectivity index (χ0v) is 10.7. The van der Waals surface area contributed by atoms with E-state index in [4.69, 9.17) is 4.42 Å². The highest BCUT2D eigenvalue weighted by Gasteiger charge is 2.13. The monoisotopic (exact) mass is 305 g/mol. The lowest BCUT2D eigenvalue weighted by atomic mass is 10.2. The van der Waals surface area contributed by atoms with Crippen molar-refractivity contribution in [2.24, 2.45) is 5.16 Å². The summed E-state index contributed by atoms with van der Waals surface area (Å²) in [6, 6.07) is 7.29. The van der Waals surface area contributed by atoms with E-state index in [9.17, 15) is 25.0 Å². The SMILES string of the molecule is O=C(O/N=C/c1ccc([N+](=O)[O-])o1)c1cccc([N+](=O)[O-])c1. The zero-order valence-electron chi connectivity index (χ0n) is 10.7. The molecule has 1 aromatic heterocycles. The number of nitro groups is 2. The molecule has 112 valence electrons. The second-order valence-corrected chi connectivity index (χ2v) is 3.85. The molecule has 0 spiro atoms. The summed E-state index contributed by atoms with van der Waals surface area (Å²) in [5.41, 5.74) is -0.322. The summed E-state index contributed by atoms with van der Waals surface area (Å²) in [5, 5.41) is 24.3. The van der Waals surface area contributed by atoms with E-state index in [1.54, 1.807) is 0 Å². The van der Waals surface area contributed by atoms with Crippen molar-refractivity contribution in [1.29, 1.82) is 0 Å². The van der Waals surface area contributed by atoms with Gasteiger partial charge in [0.2, 0.25) is 0 Å². The van der Waals surface area contributed by atoms with Crippen LogP contribution in [0.4, 0.5) is 11.6 Å². The predicted octanol–water partition coefficient (Wildman–Crippen LogP) is 2.29. The Labute approximate surface area is 121 Å². The lowest BCUT2D eigenvalue weighted by Crippen LogP contribution is -2.01. The number of rotatable bonds is 5. The molecule has 1 heterocycles. The summed E-state index contributed by atoms with van der Waals surface area (Å²) in [6.07, 6.45) is 0.961. The van der Waals surface area contributed by atoms with E-state index in [0.29, 0.717) is 0 Å². The normalized spacial score (nSPS) is 10.5. The average molecular weight is 305 g/mol. The Hall–Kier alpha value is -3.56. The molecule has 0 saturated carbocycles. The largest absolute Gasteiger partial charge is 0.433 e. The quantitative estimate of drug-likeness (QED) is 0.357. The van der Waals surface area contributed by atoms with Crippen molar-refractivity contribution < 1.29 is 23.9 Å². The maximum atomic E-state index is 11.6.